The molecule has 1 heterocycles. The van der Waals surface area contributed by atoms with Crippen LogP contribution in [-0.4, -0.2) is 36.5 Å². The molecule has 0 radical (unpaired) electrons. The van der Waals surface area contributed by atoms with Crippen LogP contribution < -0.4 is 11.5 Å². The van der Waals surface area contributed by atoms with E-state index in [2.05, 4.69) is 23.7 Å². The molecule has 15 heavy (non-hydrogen) atoms. The second-order valence-electron chi connectivity index (χ2n) is 4.79. The van der Waals surface area contributed by atoms with Gasteiger partial charge < -0.3 is 11.5 Å². The van der Waals surface area contributed by atoms with Gasteiger partial charge in [0.1, 0.15) is 0 Å². The van der Waals surface area contributed by atoms with E-state index in [9.17, 15) is 0 Å². The highest BCUT2D eigenvalue weighted by Crippen LogP contribution is 2.17. The van der Waals surface area contributed by atoms with Gasteiger partial charge in [-0.1, -0.05) is 13.8 Å². The molecular weight excluding hydrogens is 188 g/mol. The predicted molar refractivity (Wildman–Crippen MR) is 64.7 cm³/mol. The Morgan fingerprint density at radius 2 is 1.87 bits per heavy atom. The second kappa shape index (κ2) is 5.95. The summed E-state index contributed by atoms with van der Waals surface area (Å²) in [4.78, 5) is 6.67. The molecule has 1 aliphatic rings. The fourth-order valence-electron chi connectivity index (χ4n) is 2.20. The Bertz CT molecular complexity index is 203. The van der Waals surface area contributed by atoms with Gasteiger partial charge in [0.25, 0.3) is 0 Å². The first-order valence-corrected chi connectivity index (χ1v) is 5.89. The smallest absolute Gasteiger partial charge is 0.185 e. The topological polar surface area (TPSA) is 67.6 Å². The first-order valence-electron chi connectivity index (χ1n) is 5.89. The zero-order valence-corrected chi connectivity index (χ0v) is 9.95. The summed E-state index contributed by atoms with van der Waals surface area (Å²) in [5.74, 6) is 0.910. The van der Waals surface area contributed by atoms with Crippen LogP contribution in [0.3, 0.4) is 0 Å². The quantitative estimate of drug-likeness (QED) is 0.522. The van der Waals surface area contributed by atoms with E-state index >= 15 is 0 Å². The number of nitrogens with zero attached hydrogens (tertiary/aromatic N) is 2. The number of guanidine groups is 1. The van der Waals surface area contributed by atoms with Crippen LogP contribution in [0, 0.1) is 5.92 Å². The van der Waals surface area contributed by atoms with Gasteiger partial charge in [-0.3, -0.25) is 9.89 Å². The van der Waals surface area contributed by atoms with E-state index in [1.165, 1.54) is 32.4 Å². The summed E-state index contributed by atoms with van der Waals surface area (Å²) in [7, 11) is 0. The Morgan fingerprint density at radius 3 is 2.33 bits per heavy atom. The van der Waals surface area contributed by atoms with Crippen molar-refractivity contribution in [2.75, 3.05) is 19.6 Å². The van der Waals surface area contributed by atoms with Gasteiger partial charge in [-0.05, 0) is 38.3 Å². The van der Waals surface area contributed by atoms with Crippen molar-refractivity contribution in [2.45, 2.75) is 39.2 Å². The fourth-order valence-corrected chi connectivity index (χ4v) is 2.20. The lowest BCUT2D eigenvalue weighted by molar-refractivity contribution is 0.218. The molecule has 0 saturated carbocycles. The zero-order valence-electron chi connectivity index (χ0n) is 9.95. The maximum atomic E-state index is 5.38. The molecule has 1 atom stereocenters. The van der Waals surface area contributed by atoms with Crippen molar-refractivity contribution >= 4 is 5.96 Å². The van der Waals surface area contributed by atoms with Crippen LogP contribution in [0.2, 0.25) is 0 Å². The van der Waals surface area contributed by atoms with Crippen molar-refractivity contribution in [3.8, 4) is 0 Å². The molecule has 4 N–H and O–H groups in total. The lowest BCUT2D eigenvalue weighted by Gasteiger charge is -2.27. The maximum absolute atomic E-state index is 5.38. The molecule has 1 rings (SSSR count). The van der Waals surface area contributed by atoms with Crippen LogP contribution in [0.4, 0.5) is 0 Å². The van der Waals surface area contributed by atoms with Gasteiger partial charge >= 0.3 is 0 Å². The first-order chi connectivity index (χ1) is 7.09. The van der Waals surface area contributed by atoms with Gasteiger partial charge in [0.15, 0.2) is 5.96 Å². The Kier molecular flexibility index (Phi) is 4.88. The van der Waals surface area contributed by atoms with E-state index < -0.39 is 0 Å². The van der Waals surface area contributed by atoms with Crippen LogP contribution in [0.15, 0.2) is 4.99 Å². The third-order valence-electron chi connectivity index (χ3n) is 2.89. The molecule has 0 bridgehead atoms. The number of likely N-dealkylation sites (tertiary alicyclic amines) is 1. The summed E-state index contributed by atoms with van der Waals surface area (Å²) in [5.41, 5.74) is 10.8. The summed E-state index contributed by atoms with van der Waals surface area (Å²) in [5, 5.41) is 0. The predicted octanol–water partition coefficient (Wildman–Crippen LogP) is 0.770. The Hall–Kier alpha value is -0.770. The van der Waals surface area contributed by atoms with Crippen LogP contribution in [0.5, 0.6) is 0 Å². The van der Waals surface area contributed by atoms with Crippen LogP contribution >= 0.6 is 0 Å². The van der Waals surface area contributed by atoms with E-state index in [0.29, 0.717) is 12.0 Å². The van der Waals surface area contributed by atoms with Crippen molar-refractivity contribution in [1.29, 1.82) is 0 Å². The minimum atomic E-state index is 0.211. The van der Waals surface area contributed by atoms with Gasteiger partial charge in [0, 0.05) is 6.04 Å². The molecule has 1 unspecified atom stereocenters. The lowest BCUT2D eigenvalue weighted by Crippen LogP contribution is -2.37. The highest BCUT2D eigenvalue weighted by Gasteiger charge is 2.22. The summed E-state index contributed by atoms with van der Waals surface area (Å²) in [6, 6.07) is 0.523. The maximum Gasteiger partial charge on any atom is 0.185 e. The van der Waals surface area contributed by atoms with E-state index in [4.69, 9.17) is 11.5 Å². The largest absolute Gasteiger partial charge is 0.370 e. The molecule has 1 saturated heterocycles. The monoisotopic (exact) mass is 212 g/mol. The molecule has 4 nitrogen and oxygen atoms in total. The summed E-state index contributed by atoms with van der Waals surface area (Å²) >= 11 is 0. The summed E-state index contributed by atoms with van der Waals surface area (Å²) < 4.78 is 0. The van der Waals surface area contributed by atoms with E-state index in [0.717, 1.165) is 6.54 Å². The average molecular weight is 212 g/mol. The third kappa shape index (κ3) is 4.51. The van der Waals surface area contributed by atoms with Crippen LogP contribution in [0.25, 0.3) is 0 Å². The highest BCUT2D eigenvalue weighted by atomic mass is 15.2. The Morgan fingerprint density at radius 1 is 1.27 bits per heavy atom. The molecule has 0 aromatic carbocycles. The lowest BCUT2D eigenvalue weighted by atomic mass is 10.0. The van der Waals surface area contributed by atoms with Gasteiger partial charge in [-0.25, -0.2) is 0 Å². The molecule has 88 valence electrons. The van der Waals surface area contributed by atoms with Crippen molar-refractivity contribution < 1.29 is 0 Å². The molecular formula is C11H24N4. The fraction of sp³-hybridized carbons (Fsp3) is 0.909. The molecule has 0 amide bonds. The number of rotatable bonds is 5. The van der Waals surface area contributed by atoms with Gasteiger partial charge in [0.05, 0.1) is 6.54 Å². The zero-order chi connectivity index (χ0) is 11.3. The number of hydrogen-bond donors (Lipinski definition) is 2. The number of hydrogen-bond acceptors (Lipinski definition) is 2. The third-order valence-corrected chi connectivity index (χ3v) is 2.89. The van der Waals surface area contributed by atoms with Crippen molar-refractivity contribution in [3.63, 3.8) is 0 Å². The van der Waals surface area contributed by atoms with E-state index in [1.54, 1.807) is 0 Å². The van der Waals surface area contributed by atoms with Crippen molar-refractivity contribution in [3.05, 3.63) is 0 Å². The minimum Gasteiger partial charge on any atom is -0.370 e. The first kappa shape index (κ1) is 12.3. The summed E-state index contributed by atoms with van der Waals surface area (Å²) in [6.07, 6.45) is 3.81. The highest BCUT2D eigenvalue weighted by molar-refractivity contribution is 5.75. The Labute approximate surface area is 92.7 Å². The van der Waals surface area contributed by atoms with Gasteiger partial charge in [-0.2, -0.15) is 0 Å². The van der Waals surface area contributed by atoms with E-state index in [1.807, 2.05) is 0 Å². The van der Waals surface area contributed by atoms with Crippen LogP contribution in [0.1, 0.15) is 33.1 Å². The normalized spacial score (nSPS) is 19.4. The van der Waals surface area contributed by atoms with Crippen molar-refractivity contribution in [2.24, 2.45) is 22.4 Å². The Balaban J connectivity index is 2.47. The average Bonchev–Trinajstić information content (AvgIpc) is 2.63. The molecule has 1 fully saturated rings. The molecule has 4 heteroatoms. The molecule has 0 spiro atoms. The van der Waals surface area contributed by atoms with Crippen LogP contribution in [-0.2, 0) is 0 Å². The standard InChI is InChI=1S/C11H24N4/c1-9(2)7-10(8-14-11(12)13)15-5-3-4-6-15/h9-10H,3-8H2,1-2H3,(H4,12,13,14). The van der Waals surface area contributed by atoms with Gasteiger partial charge in [0.2, 0.25) is 0 Å². The van der Waals surface area contributed by atoms with E-state index in [-0.39, 0.29) is 5.96 Å². The molecule has 0 aromatic rings. The number of nitrogens with two attached hydrogens (primary N) is 2. The second-order valence-corrected chi connectivity index (χ2v) is 4.79. The molecule has 0 aliphatic carbocycles. The van der Waals surface area contributed by atoms with Gasteiger partial charge in [-0.15, -0.1) is 0 Å². The van der Waals surface area contributed by atoms with Crippen molar-refractivity contribution in [1.82, 2.24) is 4.90 Å². The molecule has 1 aliphatic heterocycles. The summed E-state index contributed by atoms with van der Waals surface area (Å²) in [6.45, 7) is 7.66. The minimum absolute atomic E-state index is 0.211. The molecule has 0 aromatic heterocycles. The SMILES string of the molecule is CC(C)CC(CN=C(N)N)N1CCCC1. The number of aliphatic imine (C=N–C) groups is 1.